The van der Waals surface area contributed by atoms with Gasteiger partial charge >= 0.3 is 11.9 Å². The lowest BCUT2D eigenvalue weighted by Crippen LogP contribution is -2.41. The van der Waals surface area contributed by atoms with Crippen LogP contribution in [0, 0.1) is 6.92 Å². The highest BCUT2D eigenvalue weighted by atomic mass is 16.4. The molecule has 6 heteroatoms. The summed E-state index contributed by atoms with van der Waals surface area (Å²) in [6.45, 7) is 2.00. The lowest BCUT2D eigenvalue weighted by atomic mass is 10.1. The molecule has 3 N–H and O–H groups in total. The van der Waals surface area contributed by atoms with Crippen molar-refractivity contribution in [2.45, 2.75) is 45.1 Å². The van der Waals surface area contributed by atoms with Crippen LogP contribution in [0.5, 0.6) is 0 Å². The number of hydrogen-bond acceptors (Lipinski definition) is 3. The van der Waals surface area contributed by atoms with Crippen LogP contribution in [0.3, 0.4) is 0 Å². The molecule has 0 aliphatic rings. The third-order valence-corrected chi connectivity index (χ3v) is 3.27. The Morgan fingerprint density at radius 2 is 1.73 bits per heavy atom. The van der Waals surface area contributed by atoms with Crippen LogP contribution in [0.15, 0.2) is 24.3 Å². The van der Waals surface area contributed by atoms with E-state index in [-0.39, 0.29) is 25.2 Å². The van der Waals surface area contributed by atoms with E-state index >= 15 is 0 Å². The summed E-state index contributed by atoms with van der Waals surface area (Å²) in [5, 5.41) is 19.9. The van der Waals surface area contributed by atoms with Gasteiger partial charge in [-0.1, -0.05) is 29.8 Å². The molecule has 0 aliphatic heterocycles. The summed E-state index contributed by atoms with van der Waals surface area (Å²) in [7, 11) is 0. The monoisotopic (exact) mass is 307 g/mol. The Labute approximate surface area is 129 Å². The van der Waals surface area contributed by atoms with Gasteiger partial charge in [-0.15, -0.1) is 0 Å². The van der Waals surface area contributed by atoms with Crippen LogP contribution >= 0.6 is 0 Å². The van der Waals surface area contributed by atoms with Crippen molar-refractivity contribution in [3.8, 4) is 0 Å². The maximum Gasteiger partial charge on any atom is 0.326 e. The van der Waals surface area contributed by atoms with Crippen molar-refractivity contribution >= 4 is 17.8 Å². The van der Waals surface area contributed by atoms with Gasteiger partial charge in [-0.2, -0.15) is 0 Å². The van der Waals surface area contributed by atoms with Gasteiger partial charge in [0.2, 0.25) is 5.91 Å². The molecule has 1 aromatic rings. The summed E-state index contributed by atoms with van der Waals surface area (Å²) in [4.78, 5) is 33.2. The number of nitrogens with one attached hydrogen (secondary N) is 1. The number of amides is 1. The second kappa shape index (κ2) is 8.81. The summed E-state index contributed by atoms with van der Waals surface area (Å²) < 4.78 is 0. The summed E-state index contributed by atoms with van der Waals surface area (Å²) >= 11 is 0. The van der Waals surface area contributed by atoms with E-state index in [9.17, 15) is 14.4 Å². The third kappa shape index (κ3) is 6.88. The summed E-state index contributed by atoms with van der Waals surface area (Å²) in [6, 6.07) is 6.85. The molecule has 0 fully saturated rings. The molecule has 6 nitrogen and oxygen atoms in total. The topological polar surface area (TPSA) is 104 Å². The minimum absolute atomic E-state index is 0.117. The number of carbonyl (C=O) groups excluding carboxylic acids is 1. The molecule has 22 heavy (non-hydrogen) atoms. The van der Waals surface area contributed by atoms with E-state index < -0.39 is 18.0 Å². The van der Waals surface area contributed by atoms with E-state index in [1.54, 1.807) is 0 Å². The van der Waals surface area contributed by atoms with Gasteiger partial charge < -0.3 is 15.5 Å². The highest BCUT2D eigenvalue weighted by molar-refractivity contribution is 5.83. The highest BCUT2D eigenvalue weighted by Gasteiger charge is 2.20. The summed E-state index contributed by atoms with van der Waals surface area (Å²) in [5.41, 5.74) is 2.29. The van der Waals surface area contributed by atoms with Gasteiger partial charge in [-0.05, 0) is 31.7 Å². The molecular formula is C16H21NO5. The maximum atomic E-state index is 11.7. The lowest BCUT2D eigenvalue weighted by Gasteiger charge is -2.13. The number of aliphatic carboxylic acids is 2. The van der Waals surface area contributed by atoms with Gasteiger partial charge in [0.25, 0.3) is 0 Å². The molecule has 0 radical (unpaired) electrons. The van der Waals surface area contributed by atoms with Crippen LogP contribution in [0.2, 0.25) is 0 Å². The van der Waals surface area contributed by atoms with E-state index in [0.29, 0.717) is 6.42 Å². The number of rotatable bonds is 9. The zero-order chi connectivity index (χ0) is 16.5. The molecule has 0 aliphatic carbocycles. The summed E-state index contributed by atoms with van der Waals surface area (Å²) in [5.74, 6) is -2.67. The number of carboxylic acids is 2. The predicted octanol–water partition coefficient (Wildman–Crippen LogP) is 1.75. The standard InChI is InChI=1S/C16H21NO5/c1-11-5-7-12(8-6-11)3-2-4-14(18)17-13(16(21)22)9-10-15(19)20/h5-8,13H,2-4,9-10H2,1H3,(H,17,18)(H,19,20)(H,21,22). The summed E-state index contributed by atoms with van der Waals surface area (Å²) in [6.07, 6.45) is 1.15. The first-order valence-electron chi connectivity index (χ1n) is 7.18. The van der Waals surface area contributed by atoms with Crippen LogP contribution in [-0.4, -0.2) is 34.1 Å². The number of aryl methyl sites for hydroxylation is 2. The van der Waals surface area contributed by atoms with E-state index in [2.05, 4.69) is 5.32 Å². The molecule has 0 saturated carbocycles. The first-order chi connectivity index (χ1) is 10.4. The van der Waals surface area contributed by atoms with Gasteiger partial charge in [0, 0.05) is 12.8 Å². The molecule has 0 spiro atoms. The Morgan fingerprint density at radius 3 is 2.27 bits per heavy atom. The first-order valence-corrected chi connectivity index (χ1v) is 7.18. The molecule has 1 rings (SSSR count). The van der Waals surface area contributed by atoms with Crippen LogP contribution < -0.4 is 5.32 Å². The van der Waals surface area contributed by atoms with Crippen molar-refractivity contribution in [2.75, 3.05) is 0 Å². The number of hydrogen-bond donors (Lipinski definition) is 3. The Kier molecular flexibility index (Phi) is 7.08. The Morgan fingerprint density at radius 1 is 1.09 bits per heavy atom. The number of benzene rings is 1. The fraction of sp³-hybridized carbons (Fsp3) is 0.438. The zero-order valence-electron chi connectivity index (χ0n) is 12.5. The molecule has 1 amide bonds. The Balaban J connectivity index is 2.35. The van der Waals surface area contributed by atoms with Crippen molar-refractivity contribution in [3.05, 3.63) is 35.4 Å². The van der Waals surface area contributed by atoms with Crippen molar-refractivity contribution in [1.29, 1.82) is 0 Å². The number of carboxylic acid groups (broad SMARTS) is 2. The minimum atomic E-state index is -1.21. The van der Waals surface area contributed by atoms with Crippen LogP contribution in [-0.2, 0) is 20.8 Å². The number of carbonyl (C=O) groups is 3. The van der Waals surface area contributed by atoms with Gasteiger partial charge in [-0.25, -0.2) is 4.79 Å². The second-order valence-corrected chi connectivity index (χ2v) is 5.23. The molecule has 1 unspecified atom stereocenters. The fourth-order valence-corrected chi connectivity index (χ4v) is 2.00. The molecule has 0 aromatic heterocycles. The van der Waals surface area contributed by atoms with Crippen LogP contribution in [0.1, 0.15) is 36.8 Å². The quantitative estimate of drug-likeness (QED) is 0.645. The fourth-order valence-electron chi connectivity index (χ4n) is 2.00. The van der Waals surface area contributed by atoms with Gasteiger partial charge in [0.15, 0.2) is 0 Å². The molecule has 1 atom stereocenters. The Hall–Kier alpha value is -2.37. The second-order valence-electron chi connectivity index (χ2n) is 5.23. The smallest absolute Gasteiger partial charge is 0.326 e. The van der Waals surface area contributed by atoms with Gasteiger partial charge in [0.05, 0.1) is 0 Å². The molecule has 0 saturated heterocycles. The van der Waals surface area contributed by atoms with E-state index in [0.717, 1.165) is 12.0 Å². The van der Waals surface area contributed by atoms with Gasteiger partial charge in [-0.3, -0.25) is 9.59 Å². The predicted molar refractivity (Wildman–Crippen MR) is 80.6 cm³/mol. The van der Waals surface area contributed by atoms with Crippen LogP contribution in [0.4, 0.5) is 0 Å². The molecule has 120 valence electrons. The van der Waals surface area contributed by atoms with Gasteiger partial charge in [0.1, 0.15) is 6.04 Å². The lowest BCUT2D eigenvalue weighted by molar-refractivity contribution is -0.143. The SMILES string of the molecule is Cc1ccc(CCCC(=O)NC(CCC(=O)O)C(=O)O)cc1. The van der Waals surface area contributed by atoms with Crippen molar-refractivity contribution < 1.29 is 24.6 Å². The van der Waals surface area contributed by atoms with Crippen molar-refractivity contribution in [1.82, 2.24) is 5.32 Å². The van der Waals surface area contributed by atoms with Crippen molar-refractivity contribution in [2.24, 2.45) is 0 Å². The Bertz CT molecular complexity index is 524. The molecule has 0 heterocycles. The van der Waals surface area contributed by atoms with E-state index in [1.807, 2.05) is 31.2 Å². The average Bonchev–Trinajstić information content (AvgIpc) is 2.45. The van der Waals surface area contributed by atoms with E-state index in [1.165, 1.54) is 5.56 Å². The first kappa shape index (κ1) is 17.7. The van der Waals surface area contributed by atoms with Crippen molar-refractivity contribution in [3.63, 3.8) is 0 Å². The molecular weight excluding hydrogens is 286 g/mol. The van der Waals surface area contributed by atoms with E-state index in [4.69, 9.17) is 10.2 Å². The minimum Gasteiger partial charge on any atom is -0.481 e. The zero-order valence-corrected chi connectivity index (χ0v) is 12.5. The average molecular weight is 307 g/mol. The normalized spacial score (nSPS) is 11.7. The van der Waals surface area contributed by atoms with Crippen LogP contribution in [0.25, 0.3) is 0 Å². The molecule has 1 aromatic carbocycles. The molecule has 0 bridgehead atoms. The highest BCUT2D eigenvalue weighted by Crippen LogP contribution is 2.07. The largest absolute Gasteiger partial charge is 0.481 e. The maximum absolute atomic E-state index is 11.7. The third-order valence-electron chi connectivity index (χ3n) is 3.27.